The maximum atomic E-state index is 12.5. The molecular formula is C28H40O4. The molecule has 2 fully saturated rings. The fraction of sp³-hybridized carbons (Fsp3) is 0.679. The van der Waals surface area contributed by atoms with Crippen LogP contribution in [0.5, 0.6) is 11.5 Å². The molecule has 1 spiro atoms. The van der Waals surface area contributed by atoms with Crippen molar-refractivity contribution >= 4 is 5.78 Å². The highest BCUT2D eigenvalue weighted by Crippen LogP contribution is 2.49. The van der Waals surface area contributed by atoms with Gasteiger partial charge in [0.1, 0.15) is 5.78 Å². The van der Waals surface area contributed by atoms with E-state index in [0.29, 0.717) is 29.9 Å². The van der Waals surface area contributed by atoms with Crippen molar-refractivity contribution in [1.82, 2.24) is 0 Å². The van der Waals surface area contributed by atoms with Gasteiger partial charge in [0.25, 0.3) is 0 Å². The quantitative estimate of drug-likeness (QED) is 0.477. The first kappa shape index (κ1) is 23.4. The third-order valence-corrected chi connectivity index (χ3v) is 8.14. The number of ketones is 1. The molecule has 4 heteroatoms. The minimum atomic E-state index is -0.584. The van der Waals surface area contributed by atoms with Crippen molar-refractivity contribution in [1.29, 1.82) is 0 Å². The number of phenols is 1. The van der Waals surface area contributed by atoms with E-state index in [-0.39, 0.29) is 30.0 Å². The molecule has 1 aromatic rings. The molecule has 1 aromatic carbocycles. The van der Waals surface area contributed by atoms with Crippen LogP contribution in [0.25, 0.3) is 0 Å². The van der Waals surface area contributed by atoms with Crippen LogP contribution in [-0.4, -0.2) is 28.2 Å². The lowest BCUT2D eigenvalue weighted by molar-refractivity contribution is -0.121. The molecule has 2 N–H and O–H groups in total. The van der Waals surface area contributed by atoms with Gasteiger partial charge in [0.05, 0.1) is 12.2 Å². The van der Waals surface area contributed by atoms with Crippen molar-refractivity contribution in [3.8, 4) is 11.5 Å². The lowest BCUT2D eigenvalue weighted by atomic mass is 9.72. The molecule has 32 heavy (non-hydrogen) atoms. The van der Waals surface area contributed by atoms with E-state index in [9.17, 15) is 15.0 Å². The van der Waals surface area contributed by atoms with Gasteiger partial charge in [-0.15, -0.1) is 0 Å². The molecular weight excluding hydrogens is 400 g/mol. The molecule has 0 aromatic heterocycles. The smallest absolute Gasteiger partial charge is 0.161 e. The largest absolute Gasteiger partial charge is 0.504 e. The first-order valence-electron chi connectivity index (χ1n) is 12.8. The standard InChI is InChI=1S/C28H40O4/c1-20-6-10-22(11-7-20)26(31)18-23(29)12-8-21-9-13-25(30)27(17-21)32-24-5-4-16-28(19-24)14-2-3-15-28/h6,9-10,13,17,20,22,24,26,30-31H,2-5,7-8,11-12,14-16,18-19H2,1H3/t20-,22+,24-,26+/m1/s1. The molecule has 0 radical (unpaired) electrons. The number of aryl methyl sites for hydroxylation is 1. The van der Waals surface area contributed by atoms with Gasteiger partial charge in [-0.1, -0.05) is 38.0 Å². The minimum Gasteiger partial charge on any atom is -0.504 e. The number of aliphatic hydroxyl groups is 1. The van der Waals surface area contributed by atoms with Crippen LogP contribution in [-0.2, 0) is 11.2 Å². The number of Topliss-reactive ketones (excluding diaryl/α,β-unsaturated/α-hetero) is 1. The molecule has 3 aliphatic carbocycles. The highest BCUT2D eigenvalue weighted by atomic mass is 16.5. The number of phenolic OH excluding ortho intramolecular Hbond substituents is 1. The Labute approximate surface area is 193 Å². The van der Waals surface area contributed by atoms with Gasteiger partial charge in [-0.25, -0.2) is 0 Å². The second-order valence-electron chi connectivity index (χ2n) is 10.8. The zero-order chi connectivity index (χ0) is 22.6. The number of carbonyl (C=O) groups excluding carboxylic acids is 1. The molecule has 0 saturated heterocycles. The average Bonchev–Trinajstić information content (AvgIpc) is 3.22. The number of ether oxygens (including phenoxy) is 1. The molecule has 0 unspecified atom stereocenters. The normalized spacial score (nSPS) is 28.0. The number of benzene rings is 1. The molecule has 0 heterocycles. The lowest BCUT2D eigenvalue weighted by Crippen LogP contribution is -2.32. The van der Waals surface area contributed by atoms with E-state index >= 15 is 0 Å². The Morgan fingerprint density at radius 1 is 1.12 bits per heavy atom. The Kier molecular flexibility index (Phi) is 7.60. The summed E-state index contributed by atoms with van der Waals surface area (Å²) in [5.41, 5.74) is 1.47. The number of aromatic hydroxyl groups is 1. The Morgan fingerprint density at radius 3 is 2.66 bits per heavy atom. The summed E-state index contributed by atoms with van der Waals surface area (Å²) in [6.07, 6.45) is 17.1. The second-order valence-corrected chi connectivity index (χ2v) is 10.8. The third-order valence-electron chi connectivity index (χ3n) is 8.14. The Hall–Kier alpha value is -1.81. The molecule has 3 aliphatic rings. The molecule has 0 aliphatic heterocycles. The number of hydrogen-bond acceptors (Lipinski definition) is 4. The zero-order valence-corrected chi connectivity index (χ0v) is 19.6. The fourth-order valence-electron chi connectivity index (χ4n) is 6.13. The Morgan fingerprint density at radius 2 is 1.91 bits per heavy atom. The van der Waals surface area contributed by atoms with Crippen molar-refractivity contribution < 1.29 is 19.7 Å². The number of carbonyl (C=O) groups is 1. The lowest BCUT2D eigenvalue weighted by Gasteiger charge is -2.38. The number of aliphatic hydroxyl groups excluding tert-OH is 1. The summed E-state index contributed by atoms with van der Waals surface area (Å²) in [4.78, 5) is 12.5. The monoisotopic (exact) mass is 440 g/mol. The number of allylic oxidation sites excluding steroid dienone is 1. The number of rotatable bonds is 8. The fourth-order valence-corrected chi connectivity index (χ4v) is 6.13. The van der Waals surface area contributed by atoms with Crippen LogP contribution in [0.4, 0.5) is 0 Å². The van der Waals surface area contributed by atoms with Gasteiger partial charge in [0.2, 0.25) is 0 Å². The molecule has 0 bridgehead atoms. The summed E-state index contributed by atoms with van der Waals surface area (Å²) in [6, 6.07) is 5.46. The summed E-state index contributed by atoms with van der Waals surface area (Å²) >= 11 is 0. The Bertz CT molecular complexity index is 808. The van der Waals surface area contributed by atoms with E-state index in [1.54, 1.807) is 6.07 Å². The predicted octanol–water partition coefficient (Wildman–Crippen LogP) is 6.13. The van der Waals surface area contributed by atoms with Crippen LogP contribution in [0.3, 0.4) is 0 Å². The zero-order valence-electron chi connectivity index (χ0n) is 19.6. The summed E-state index contributed by atoms with van der Waals surface area (Å²) in [5.74, 6) is 1.49. The van der Waals surface area contributed by atoms with Crippen molar-refractivity contribution in [3.05, 3.63) is 35.9 Å². The summed E-state index contributed by atoms with van der Waals surface area (Å²) in [7, 11) is 0. The first-order valence-corrected chi connectivity index (χ1v) is 12.8. The summed E-state index contributed by atoms with van der Waals surface area (Å²) < 4.78 is 6.29. The highest BCUT2D eigenvalue weighted by Gasteiger charge is 2.39. The van der Waals surface area contributed by atoms with E-state index in [2.05, 4.69) is 19.1 Å². The van der Waals surface area contributed by atoms with Crippen LogP contribution in [0, 0.1) is 17.3 Å². The second kappa shape index (κ2) is 10.4. The van der Waals surface area contributed by atoms with Crippen LogP contribution in [0.15, 0.2) is 30.4 Å². The molecule has 0 amide bonds. The van der Waals surface area contributed by atoms with E-state index in [1.165, 1.54) is 38.5 Å². The molecule has 4 nitrogen and oxygen atoms in total. The molecule has 2 saturated carbocycles. The van der Waals surface area contributed by atoms with Gasteiger partial charge in [0.15, 0.2) is 11.5 Å². The first-order chi connectivity index (χ1) is 15.4. The summed E-state index contributed by atoms with van der Waals surface area (Å²) in [6.45, 7) is 2.18. The third kappa shape index (κ3) is 5.95. The van der Waals surface area contributed by atoms with Gasteiger partial charge in [-0.2, -0.15) is 0 Å². The Balaban J connectivity index is 1.29. The maximum absolute atomic E-state index is 12.5. The van der Waals surface area contributed by atoms with Crippen LogP contribution >= 0.6 is 0 Å². The van der Waals surface area contributed by atoms with Crippen molar-refractivity contribution in [2.24, 2.45) is 17.3 Å². The average molecular weight is 441 g/mol. The van der Waals surface area contributed by atoms with Crippen molar-refractivity contribution in [3.63, 3.8) is 0 Å². The predicted molar refractivity (Wildman–Crippen MR) is 127 cm³/mol. The van der Waals surface area contributed by atoms with Crippen LogP contribution in [0.2, 0.25) is 0 Å². The van der Waals surface area contributed by atoms with Gasteiger partial charge in [0, 0.05) is 18.8 Å². The molecule has 4 atom stereocenters. The molecule has 4 rings (SSSR count). The van der Waals surface area contributed by atoms with Crippen LogP contribution in [0.1, 0.15) is 89.5 Å². The van der Waals surface area contributed by atoms with E-state index in [0.717, 1.165) is 31.2 Å². The van der Waals surface area contributed by atoms with Crippen molar-refractivity contribution in [2.45, 2.75) is 103 Å². The van der Waals surface area contributed by atoms with Gasteiger partial charge < -0.3 is 14.9 Å². The van der Waals surface area contributed by atoms with Gasteiger partial charge >= 0.3 is 0 Å². The number of hydrogen-bond donors (Lipinski definition) is 2. The van der Waals surface area contributed by atoms with Crippen molar-refractivity contribution in [2.75, 3.05) is 0 Å². The highest BCUT2D eigenvalue weighted by molar-refractivity contribution is 5.79. The SMILES string of the molecule is C[C@@H]1C=C[C@H]([C@@H](O)CC(=O)CCc2ccc(O)c(O[C@@H]3CCCC4(CCCC4)C3)c2)CC1. The van der Waals surface area contributed by atoms with Crippen LogP contribution < -0.4 is 4.74 Å². The summed E-state index contributed by atoms with van der Waals surface area (Å²) in [5, 5.41) is 20.8. The van der Waals surface area contributed by atoms with Gasteiger partial charge in [-0.3, -0.25) is 4.79 Å². The van der Waals surface area contributed by atoms with E-state index < -0.39 is 6.10 Å². The van der Waals surface area contributed by atoms with Gasteiger partial charge in [-0.05, 0) is 86.8 Å². The van der Waals surface area contributed by atoms with E-state index in [1.807, 2.05) is 12.1 Å². The minimum absolute atomic E-state index is 0.0931. The topological polar surface area (TPSA) is 66.8 Å². The van der Waals surface area contributed by atoms with E-state index in [4.69, 9.17) is 4.74 Å². The maximum Gasteiger partial charge on any atom is 0.161 e. The molecule has 176 valence electrons.